The zero-order valence-corrected chi connectivity index (χ0v) is 19.0. The zero-order valence-electron chi connectivity index (χ0n) is 18.2. The van der Waals surface area contributed by atoms with E-state index in [0.717, 1.165) is 5.56 Å². The Hall–Kier alpha value is -3.16. The fraction of sp³-hybridized carbons (Fsp3) is 0.364. The highest BCUT2D eigenvalue weighted by atomic mass is 32.2. The van der Waals surface area contributed by atoms with Crippen LogP contribution >= 0.6 is 0 Å². The fourth-order valence-electron chi connectivity index (χ4n) is 2.79. The molecule has 9 heteroatoms. The lowest BCUT2D eigenvalue weighted by molar-refractivity contribution is 0.0472. The van der Waals surface area contributed by atoms with Crippen molar-refractivity contribution >= 4 is 33.6 Å². The largest absolute Gasteiger partial charge is 0.444 e. The normalized spacial score (nSPS) is 11.9. The van der Waals surface area contributed by atoms with E-state index in [2.05, 4.69) is 15.0 Å². The Labute approximate surface area is 182 Å². The number of alkyl carbamates (subject to hydrolysis) is 1. The summed E-state index contributed by atoms with van der Waals surface area (Å²) in [5.41, 5.74) is 0.494. The molecule has 31 heavy (non-hydrogen) atoms. The van der Waals surface area contributed by atoms with E-state index in [0.29, 0.717) is 17.8 Å². The second-order valence-electron chi connectivity index (χ2n) is 8.69. The van der Waals surface area contributed by atoms with Crippen LogP contribution in [0.1, 0.15) is 40.2 Å². The van der Waals surface area contributed by atoms with Crippen LogP contribution in [-0.4, -0.2) is 31.7 Å². The van der Waals surface area contributed by atoms with Crippen molar-refractivity contribution in [2.45, 2.75) is 57.1 Å². The van der Waals surface area contributed by atoms with Crippen molar-refractivity contribution in [2.75, 3.05) is 4.72 Å². The third-order valence-electron chi connectivity index (χ3n) is 4.01. The summed E-state index contributed by atoms with van der Waals surface area (Å²) in [6, 6.07) is 12.4. The smallest absolute Gasteiger partial charge is 0.408 e. The van der Waals surface area contributed by atoms with Crippen molar-refractivity contribution in [1.29, 1.82) is 0 Å². The molecule has 0 aliphatic carbocycles. The van der Waals surface area contributed by atoms with Crippen molar-refractivity contribution in [2.24, 2.45) is 4.99 Å². The minimum atomic E-state index is -3.79. The van der Waals surface area contributed by atoms with Crippen molar-refractivity contribution in [3.8, 4) is 0 Å². The number of hydrogen-bond donors (Lipinski definition) is 2. The molecular formula is C22H27N3O5S. The molecule has 0 heterocycles. The van der Waals surface area contributed by atoms with Gasteiger partial charge in [0.1, 0.15) is 5.60 Å². The number of aliphatic imine (C=N–C) groups is 1. The molecule has 0 bridgehead atoms. The van der Waals surface area contributed by atoms with Gasteiger partial charge in [0.2, 0.25) is 6.08 Å². The van der Waals surface area contributed by atoms with Gasteiger partial charge in [0.15, 0.2) is 0 Å². The van der Waals surface area contributed by atoms with Crippen molar-refractivity contribution in [3.63, 3.8) is 0 Å². The Kier molecular flexibility index (Phi) is 7.25. The lowest BCUT2D eigenvalue weighted by Crippen LogP contribution is -2.47. The maximum absolute atomic E-state index is 12.5. The number of ether oxygens (including phenoxy) is 1. The predicted octanol–water partition coefficient (Wildman–Crippen LogP) is 4.30. The number of rotatable bonds is 7. The summed E-state index contributed by atoms with van der Waals surface area (Å²) in [5.74, 6) is 0. The van der Waals surface area contributed by atoms with Crippen molar-refractivity contribution in [3.05, 3.63) is 54.1 Å². The quantitative estimate of drug-likeness (QED) is 0.487. The maximum atomic E-state index is 12.5. The van der Waals surface area contributed by atoms with Gasteiger partial charge in [-0.05, 0) is 83.0 Å². The number of carbonyl (C=O) groups excluding carboxylic acids is 2. The van der Waals surface area contributed by atoms with Gasteiger partial charge >= 0.3 is 6.09 Å². The molecule has 0 aliphatic heterocycles. The predicted molar refractivity (Wildman–Crippen MR) is 119 cm³/mol. The number of carbonyl (C=O) groups is 1. The Balaban J connectivity index is 2.04. The summed E-state index contributed by atoms with van der Waals surface area (Å²) in [6.07, 6.45) is 1.44. The van der Waals surface area contributed by atoms with Crippen LogP contribution in [0, 0.1) is 0 Å². The number of anilines is 1. The van der Waals surface area contributed by atoms with Crippen molar-refractivity contribution < 1.29 is 22.7 Å². The summed E-state index contributed by atoms with van der Waals surface area (Å²) in [5, 5.41) is 2.84. The standard InChI is InChI=1S/C22H27N3O5S/c1-21(2,3)30-20(27)24-22(4,5)14-16-6-8-18(9-7-16)25-31(28,29)19-12-10-17(11-13-19)23-15-26/h6-13,25H,14H2,1-5H3,(H,24,27). The first kappa shape index (κ1) is 24.1. The van der Waals surface area contributed by atoms with E-state index in [1.165, 1.54) is 30.3 Å². The first-order chi connectivity index (χ1) is 14.3. The van der Waals surface area contributed by atoms with Crippen molar-refractivity contribution in [1.82, 2.24) is 5.32 Å². The average molecular weight is 446 g/mol. The topological polar surface area (TPSA) is 114 Å². The highest BCUT2D eigenvalue weighted by molar-refractivity contribution is 7.92. The van der Waals surface area contributed by atoms with Gasteiger partial charge in [-0.1, -0.05) is 12.1 Å². The molecule has 2 aromatic rings. The molecule has 0 aromatic heterocycles. The summed E-state index contributed by atoms with van der Waals surface area (Å²) < 4.78 is 32.9. The lowest BCUT2D eigenvalue weighted by Gasteiger charge is -2.28. The van der Waals surface area contributed by atoms with Gasteiger partial charge in [-0.3, -0.25) is 4.72 Å². The number of amides is 1. The lowest BCUT2D eigenvalue weighted by atomic mass is 9.95. The van der Waals surface area contributed by atoms with Gasteiger partial charge in [0, 0.05) is 11.2 Å². The minimum absolute atomic E-state index is 0.0455. The van der Waals surface area contributed by atoms with Gasteiger partial charge in [0.05, 0.1) is 10.6 Å². The molecule has 166 valence electrons. The molecule has 8 nitrogen and oxygen atoms in total. The molecule has 2 N–H and O–H groups in total. The van der Waals surface area contributed by atoms with Crippen LogP contribution in [-0.2, 0) is 26.0 Å². The molecule has 0 spiro atoms. The number of benzene rings is 2. The average Bonchev–Trinajstić information content (AvgIpc) is 2.61. The van der Waals surface area contributed by atoms with Crippen LogP contribution in [0.5, 0.6) is 0 Å². The van der Waals surface area contributed by atoms with Crippen LogP contribution < -0.4 is 10.0 Å². The minimum Gasteiger partial charge on any atom is -0.444 e. The summed E-state index contributed by atoms with van der Waals surface area (Å²) in [4.78, 5) is 25.8. The molecule has 2 rings (SSSR count). The third kappa shape index (κ3) is 7.88. The van der Waals surface area contributed by atoms with Crippen LogP contribution in [0.15, 0.2) is 58.4 Å². The van der Waals surface area contributed by atoms with E-state index in [-0.39, 0.29) is 4.90 Å². The second kappa shape index (κ2) is 9.32. The maximum Gasteiger partial charge on any atom is 0.408 e. The van der Waals surface area contributed by atoms with E-state index in [1.54, 1.807) is 45.0 Å². The third-order valence-corrected chi connectivity index (χ3v) is 5.41. The molecule has 0 fully saturated rings. The molecule has 2 aromatic carbocycles. The van der Waals surface area contributed by atoms with Crippen LogP contribution in [0.2, 0.25) is 0 Å². The molecule has 0 saturated carbocycles. The van der Waals surface area contributed by atoms with Gasteiger partial charge < -0.3 is 10.1 Å². The first-order valence-electron chi connectivity index (χ1n) is 9.61. The molecule has 0 unspecified atom stereocenters. The number of nitrogens with zero attached hydrogens (tertiary/aromatic N) is 1. The Bertz CT molecular complexity index is 1060. The molecule has 1 amide bonds. The molecule has 0 atom stereocenters. The Morgan fingerprint density at radius 3 is 2.10 bits per heavy atom. The molecular weight excluding hydrogens is 418 g/mol. The Morgan fingerprint density at radius 2 is 1.58 bits per heavy atom. The molecule has 0 aliphatic rings. The van der Waals surface area contributed by atoms with Gasteiger partial charge in [-0.25, -0.2) is 18.0 Å². The highest BCUT2D eigenvalue weighted by Gasteiger charge is 2.25. The van der Waals surface area contributed by atoms with Gasteiger partial charge in [-0.15, -0.1) is 0 Å². The van der Waals surface area contributed by atoms with Crippen LogP contribution in [0.25, 0.3) is 0 Å². The number of hydrogen-bond acceptors (Lipinski definition) is 6. The summed E-state index contributed by atoms with van der Waals surface area (Å²) in [6.45, 7) is 9.16. The molecule has 0 saturated heterocycles. The second-order valence-corrected chi connectivity index (χ2v) is 10.4. The first-order valence-corrected chi connectivity index (χ1v) is 11.1. The van der Waals surface area contributed by atoms with E-state index in [1.807, 2.05) is 13.8 Å². The molecule has 0 radical (unpaired) electrons. The van der Waals surface area contributed by atoms with Gasteiger partial charge in [-0.2, -0.15) is 4.99 Å². The van der Waals surface area contributed by atoms with E-state index >= 15 is 0 Å². The summed E-state index contributed by atoms with van der Waals surface area (Å²) >= 11 is 0. The SMILES string of the molecule is CC(C)(Cc1ccc(NS(=O)(=O)c2ccc(N=C=O)cc2)cc1)NC(=O)OC(C)(C)C. The monoisotopic (exact) mass is 445 g/mol. The number of isocyanates is 1. The van der Waals surface area contributed by atoms with Gasteiger partial charge in [0.25, 0.3) is 10.0 Å². The Morgan fingerprint density at radius 1 is 1.00 bits per heavy atom. The zero-order chi connectivity index (χ0) is 23.3. The van der Waals surface area contributed by atoms with E-state index in [9.17, 15) is 18.0 Å². The highest BCUT2D eigenvalue weighted by Crippen LogP contribution is 2.21. The number of nitrogens with one attached hydrogen (secondary N) is 2. The van der Waals surface area contributed by atoms with Crippen LogP contribution in [0.4, 0.5) is 16.2 Å². The van der Waals surface area contributed by atoms with E-state index in [4.69, 9.17) is 4.74 Å². The fourth-order valence-corrected chi connectivity index (χ4v) is 3.85. The van der Waals surface area contributed by atoms with Crippen LogP contribution in [0.3, 0.4) is 0 Å². The summed E-state index contributed by atoms with van der Waals surface area (Å²) in [7, 11) is -3.79. The van der Waals surface area contributed by atoms with E-state index < -0.39 is 27.3 Å². The number of sulfonamides is 1.